The smallest absolute Gasteiger partial charge is 0.00179 e. The Kier molecular flexibility index (Phi) is 5.70. The van der Waals surface area contributed by atoms with Gasteiger partial charge in [0.25, 0.3) is 0 Å². The fourth-order valence-electron chi connectivity index (χ4n) is 2.15. The number of nitrogens with one attached hydrogen (secondary N) is 1. The lowest BCUT2D eigenvalue weighted by Crippen LogP contribution is -2.25. The molecule has 0 saturated heterocycles. The molecule has 0 fully saturated rings. The Morgan fingerprint density at radius 2 is 1.59 bits per heavy atom. The highest BCUT2D eigenvalue weighted by atomic mass is 14.8. The summed E-state index contributed by atoms with van der Waals surface area (Å²) in [5.41, 5.74) is 2.90. The minimum atomic E-state index is 0.627. The molecule has 1 nitrogen and oxygen atoms in total. The summed E-state index contributed by atoms with van der Waals surface area (Å²) in [4.78, 5) is 0. The molecule has 17 heavy (non-hydrogen) atoms. The summed E-state index contributed by atoms with van der Waals surface area (Å²) in [6.45, 7) is 10.2. The predicted molar refractivity (Wildman–Crippen MR) is 76.5 cm³/mol. The molecule has 0 radical (unpaired) electrons. The van der Waals surface area contributed by atoms with E-state index in [0.29, 0.717) is 5.92 Å². The zero-order valence-electron chi connectivity index (χ0n) is 12.0. The lowest BCUT2D eigenvalue weighted by atomic mass is 9.88. The van der Waals surface area contributed by atoms with Gasteiger partial charge in [-0.2, -0.15) is 0 Å². The first kappa shape index (κ1) is 14.2. The molecule has 1 aromatic rings. The Morgan fingerprint density at radius 1 is 1.00 bits per heavy atom. The van der Waals surface area contributed by atoms with Crippen molar-refractivity contribution in [1.29, 1.82) is 0 Å². The Balaban J connectivity index is 2.66. The molecule has 0 aliphatic rings. The molecule has 96 valence electrons. The molecule has 0 spiro atoms. The van der Waals surface area contributed by atoms with E-state index in [4.69, 9.17) is 0 Å². The van der Waals surface area contributed by atoms with Gasteiger partial charge in [-0.15, -0.1) is 0 Å². The zero-order chi connectivity index (χ0) is 12.8. The molecule has 0 amide bonds. The summed E-state index contributed by atoms with van der Waals surface area (Å²) in [5.74, 6) is 2.08. The SMILES string of the molecule is CNCC(Cc1ccc(C(C)C)cc1)C(C)C. The molecule has 0 aliphatic heterocycles. The third-order valence-corrected chi connectivity index (χ3v) is 3.55. The van der Waals surface area contributed by atoms with E-state index in [1.807, 2.05) is 7.05 Å². The highest BCUT2D eigenvalue weighted by Crippen LogP contribution is 2.19. The van der Waals surface area contributed by atoms with Crippen molar-refractivity contribution < 1.29 is 0 Å². The van der Waals surface area contributed by atoms with E-state index >= 15 is 0 Å². The van der Waals surface area contributed by atoms with Crippen molar-refractivity contribution in [2.45, 2.75) is 40.0 Å². The van der Waals surface area contributed by atoms with Crippen molar-refractivity contribution in [2.75, 3.05) is 13.6 Å². The van der Waals surface area contributed by atoms with Crippen molar-refractivity contribution in [2.24, 2.45) is 11.8 Å². The van der Waals surface area contributed by atoms with Crippen LogP contribution < -0.4 is 5.32 Å². The van der Waals surface area contributed by atoms with Gasteiger partial charge in [-0.25, -0.2) is 0 Å². The summed E-state index contributed by atoms with van der Waals surface area (Å²) < 4.78 is 0. The Morgan fingerprint density at radius 3 is 2.00 bits per heavy atom. The van der Waals surface area contributed by atoms with Crippen LogP contribution >= 0.6 is 0 Å². The van der Waals surface area contributed by atoms with Gasteiger partial charge in [0.15, 0.2) is 0 Å². The van der Waals surface area contributed by atoms with Crippen LogP contribution in [0.1, 0.15) is 44.7 Å². The van der Waals surface area contributed by atoms with E-state index in [1.165, 1.54) is 17.5 Å². The van der Waals surface area contributed by atoms with Gasteiger partial charge in [-0.3, -0.25) is 0 Å². The quantitative estimate of drug-likeness (QED) is 0.787. The third-order valence-electron chi connectivity index (χ3n) is 3.55. The van der Waals surface area contributed by atoms with Gasteiger partial charge in [-0.1, -0.05) is 52.0 Å². The highest BCUT2D eigenvalue weighted by Gasteiger charge is 2.13. The second kappa shape index (κ2) is 6.80. The summed E-state index contributed by atoms with van der Waals surface area (Å²) in [5, 5.41) is 3.30. The molecule has 1 N–H and O–H groups in total. The van der Waals surface area contributed by atoms with Crippen molar-refractivity contribution in [1.82, 2.24) is 5.32 Å². The monoisotopic (exact) mass is 233 g/mol. The summed E-state index contributed by atoms with van der Waals surface area (Å²) in [7, 11) is 2.04. The van der Waals surface area contributed by atoms with Crippen molar-refractivity contribution >= 4 is 0 Å². The second-order valence-corrected chi connectivity index (χ2v) is 5.66. The second-order valence-electron chi connectivity index (χ2n) is 5.66. The van der Waals surface area contributed by atoms with Crippen molar-refractivity contribution in [3.8, 4) is 0 Å². The molecule has 0 heterocycles. The highest BCUT2D eigenvalue weighted by molar-refractivity contribution is 5.25. The van der Waals surface area contributed by atoms with E-state index in [1.54, 1.807) is 0 Å². The minimum absolute atomic E-state index is 0.627. The van der Waals surface area contributed by atoms with E-state index < -0.39 is 0 Å². The zero-order valence-corrected chi connectivity index (χ0v) is 12.0. The van der Waals surface area contributed by atoms with Crippen molar-refractivity contribution in [3.05, 3.63) is 35.4 Å². The van der Waals surface area contributed by atoms with E-state index in [2.05, 4.69) is 57.3 Å². The summed E-state index contributed by atoms with van der Waals surface area (Å²) in [6, 6.07) is 9.13. The molecular formula is C16H27N. The van der Waals surface area contributed by atoms with Gasteiger partial charge >= 0.3 is 0 Å². The van der Waals surface area contributed by atoms with Gasteiger partial charge in [0.2, 0.25) is 0 Å². The van der Waals surface area contributed by atoms with Crippen LogP contribution in [0.4, 0.5) is 0 Å². The fourth-order valence-corrected chi connectivity index (χ4v) is 2.15. The van der Waals surface area contributed by atoms with Crippen LogP contribution in [0, 0.1) is 11.8 Å². The average Bonchev–Trinajstić information content (AvgIpc) is 2.29. The molecule has 0 bridgehead atoms. The van der Waals surface area contributed by atoms with Crippen LogP contribution in [0.2, 0.25) is 0 Å². The predicted octanol–water partition coefficient (Wildman–Crippen LogP) is 3.84. The van der Waals surface area contributed by atoms with Crippen LogP contribution in [0.25, 0.3) is 0 Å². The standard InChI is InChI=1S/C16H27N/c1-12(2)15-8-6-14(7-9-15)10-16(11-17-5)13(3)4/h6-9,12-13,16-17H,10-11H2,1-5H3. The van der Waals surface area contributed by atoms with E-state index in [0.717, 1.165) is 18.4 Å². The maximum Gasteiger partial charge on any atom is -0.00179 e. The Bertz CT molecular complexity index is 311. The first-order valence-corrected chi connectivity index (χ1v) is 6.78. The summed E-state index contributed by atoms with van der Waals surface area (Å²) in [6.07, 6.45) is 1.18. The van der Waals surface area contributed by atoms with Crippen LogP contribution in [0.5, 0.6) is 0 Å². The first-order valence-electron chi connectivity index (χ1n) is 6.78. The molecule has 1 aromatic carbocycles. The average molecular weight is 233 g/mol. The van der Waals surface area contributed by atoms with Gasteiger partial charge in [0.05, 0.1) is 0 Å². The van der Waals surface area contributed by atoms with Gasteiger partial charge in [0, 0.05) is 0 Å². The van der Waals surface area contributed by atoms with Gasteiger partial charge < -0.3 is 5.32 Å². The molecule has 0 aliphatic carbocycles. The van der Waals surface area contributed by atoms with Gasteiger partial charge in [-0.05, 0) is 48.9 Å². The maximum absolute atomic E-state index is 3.30. The molecule has 0 saturated carbocycles. The summed E-state index contributed by atoms with van der Waals surface area (Å²) >= 11 is 0. The van der Waals surface area contributed by atoms with Crippen LogP contribution in [0.15, 0.2) is 24.3 Å². The number of hydrogen-bond acceptors (Lipinski definition) is 1. The molecule has 1 rings (SSSR count). The normalized spacial score (nSPS) is 13.4. The number of benzene rings is 1. The largest absolute Gasteiger partial charge is 0.319 e. The van der Waals surface area contributed by atoms with Gasteiger partial charge in [0.1, 0.15) is 0 Å². The molecular weight excluding hydrogens is 206 g/mol. The fraction of sp³-hybridized carbons (Fsp3) is 0.625. The third kappa shape index (κ3) is 4.51. The van der Waals surface area contributed by atoms with Crippen molar-refractivity contribution in [3.63, 3.8) is 0 Å². The lowest BCUT2D eigenvalue weighted by Gasteiger charge is -2.20. The topological polar surface area (TPSA) is 12.0 Å². The molecule has 0 aromatic heterocycles. The van der Waals surface area contributed by atoms with Crippen LogP contribution in [0.3, 0.4) is 0 Å². The Hall–Kier alpha value is -0.820. The first-order chi connectivity index (χ1) is 8.04. The van der Waals surface area contributed by atoms with E-state index in [-0.39, 0.29) is 0 Å². The maximum atomic E-state index is 3.30. The Labute approximate surface area is 107 Å². The number of rotatable bonds is 6. The molecule has 1 heteroatoms. The number of hydrogen-bond donors (Lipinski definition) is 1. The minimum Gasteiger partial charge on any atom is -0.319 e. The molecule has 1 unspecified atom stereocenters. The van der Waals surface area contributed by atoms with Crippen LogP contribution in [-0.4, -0.2) is 13.6 Å². The van der Waals surface area contributed by atoms with E-state index in [9.17, 15) is 0 Å². The lowest BCUT2D eigenvalue weighted by molar-refractivity contribution is 0.370. The molecule has 1 atom stereocenters. The van der Waals surface area contributed by atoms with Crippen LogP contribution in [-0.2, 0) is 6.42 Å².